The molecule has 2 nitrogen and oxygen atoms in total. The van der Waals surface area contributed by atoms with Crippen LogP contribution in [-0.2, 0) is 0 Å². The molecule has 156 valence electrons. The number of nitrogens with zero attached hydrogens (tertiary/aromatic N) is 2. The molecule has 0 unspecified atom stereocenters. The highest BCUT2D eigenvalue weighted by Crippen LogP contribution is 2.66. The molecule has 0 spiro atoms. The van der Waals surface area contributed by atoms with E-state index in [0.29, 0.717) is 17.8 Å². The van der Waals surface area contributed by atoms with Crippen LogP contribution in [-0.4, -0.2) is 24.5 Å². The zero-order chi connectivity index (χ0) is 21.3. The quantitative estimate of drug-likeness (QED) is 0.488. The highest BCUT2D eigenvalue weighted by Gasteiger charge is 2.65. The molecule has 4 aliphatic carbocycles. The van der Waals surface area contributed by atoms with Crippen molar-refractivity contribution in [3.63, 3.8) is 0 Å². The van der Waals surface area contributed by atoms with Gasteiger partial charge in [-0.15, -0.1) is 0 Å². The maximum absolute atomic E-state index is 5.15. The first-order chi connectivity index (χ1) is 14.1. The minimum absolute atomic E-state index is 0.0568. The molecule has 2 bridgehead atoms. The van der Waals surface area contributed by atoms with Crippen molar-refractivity contribution in [1.29, 1.82) is 0 Å². The average Bonchev–Trinajstić information content (AvgIpc) is 3.12. The van der Waals surface area contributed by atoms with Crippen molar-refractivity contribution < 1.29 is 0 Å². The monoisotopic (exact) mass is 398 g/mol. The summed E-state index contributed by atoms with van der Waals surface area (Å²) < 4.78 is 0. The third-order valence-corrected chi connectivity index (χ3v) is 7.69. The maximum atomic E-state index is 5.15. The Labute approximate surface area is 181 Å². The molecule has 0 amide bonds. The van der Waals surface area contributed by atoms with Crippen molar-refractivity contribution in [1.82, 2.24) is 0 Å². The van der Waals surface area contributed by atoms with E-state index in [2.05, 4.69) is 96.2 Å². The summed E-state index contributed by atoms with van der Waals surface area (Å²) in [7, 11) is 0. The number of allylic oxidation sites excluding steroid dienone is 5. The second-order valence-electron chi connectivity index (χ2n) is 11.4. The van der Waals surface area contributed by atoms with Gasteiger partial charge in [0.2, 0.25) is 0 Å². The fraction of sp³-hybridized carbons (Fsp3) is 0.500. The Morgan fingerprint density at radius 2 is 1.67 bits per heavy atom. The van der Waals surface area contributed by atoms with Crippen LogP contribution < -0.4 is 0 Å². The van der Waals surface area contributed by atoms with Crippen molar-refractivity contribution >= 4 is 17.5 Å². The molecule has 1 aromatic carbocycles. The first kappa shape index (κ1) is 19.7. The lowest BCUT2D eigenvalue weighted by Crippen LogP contribution is -2.63. The fourth-order valence-corrected chi connectivity index (χ4v) is 6.37. The normalized spacial score (nSPS) is 33.7. The molecule has 5 aliphatic rings. The SMILES string of the molecule is CC(C)(C)C1=C[C@]2(C(C)(C)C)C3=NCCN=C3[C@@H]1[C@H]1/C(=C\c3ccccc3)C=C[C@H]12. The summed E-state index contributed by atoms with van der Waals surface area (Å²) in [4.78, 5) is 10.3. The average molecular weight is 399 g/mol. The molecule has 0 aromatic heterocycles. The zero-order valence-corrected chi connectivity index (χ0v) is 19.2. The van der Waals surface area contributed by atoms with Gasteiger partial charge in [0.05, 0.1) is 24.5 Å². The van der Waals surface area contributed by atoms with Gasteiger partial charge in [-0.1, -0.05) is 102 Å². The molecular formula is C28H34N2. The molecule has 1 saturated carbocycles. The van der Waals surface area contributed by atoms with E-state index in [4.69, 9.17) is 9.98 Å². The van der Waals surface area contributed by atoms with Crippen LogP contribution in [0.1, 0.15) is 47.1 Å². The van der Waals surface area contributed by atoms with E-state index in [1.54, 1.807) is 5.57 Å². The highest BCUT2D eigenvalue weighted by atomic mass is 14.9. The predicted octanol–water partition coefficient (Wildman–Crippen LogP) is 6.42. The summed E-state index contributed by atoms with van der Waals surface area (Å²) in [6.45, 7) is 16.0. The van der Waals surface area contributed by atoms with E-state index in [0.717, 1.165) is 13.1 Å². The molecule has 0 radical (unpaired) electrons. The number of hydrogen-bond donors (Lipinski definition) is 0. The second-order valence-corrected chi connectivity index (χ2v) is 11.4. The summed E-state index contributed by atoms with van der Waals surface area (Å²) in [5, 5.41) is 0. The van der Waals surface area contributed by atoms with Crippen LogP contribution in [0.4, 0.5) is 0 Å². The Kier molecular flexibility index (Phi) is 4.20. The van der Waals surface area contributed by atoms with Crippen molar-refractivity contribution in [2.45, 2.75) is 41.5 Å². The second kappa shape index (κ2) is 6.39. The van der Waals surface area contributed by atoms with Crippen LogP contribution in [0.3, 0.4) is 0 Å². The molecule has 1 aromatic rings. The van der Waals surface area contributed by atoms with Crippen LogP contribution in [0.2, 0.25) is 0 Å². The first-order valence-electron chi connectivity index (χ1n) is 11.4. The van der Waals surface area contributed by atoms with E-state index in [-0.39, 0.29) is 16.2 Å². The van der Waals surface area contributed by atoms with Gasteiger partial charge in [-0.05, 0) is 22.0 Å². The van der Waals surface area contributed by atoms with Gasteiger partial charge < -0.3 is 0 Å². The van der Waals surface area contributed by atoms with Gasteiger partial charge >= 0.3 is 0 Å². The highest BCUT2D eigenvalue weighted by molar-refractivity contribution is 6.48. The van der Waals surface area contributed by atoms with E-state index in [1.807, 2.05) is 0 Å². The lowest BCUT2D eigenvalue weighted by atomic mass is 9.42. The minimum Gasteiger partial charge on any atom is -0.285 e. The number of rotatable bonds is 1. The van der Waals surface area contributed by atoms with E-state index < -0.39 is 0 Å². The largest absolute Gasteiger partial charge is 0.285 e. The molecule has 0 saturated heterocycles. The summed E-state index contributed by atoms with van der Waals surface area (Å²) in [5.74, 6) is 1.22. The zero-order valence-electron chi connectivity index (χ0n) is 19.2. The Bertz CT molecular complexity index is 1020. The van der Waals surface area contributed by atoms with Gasteiger partial charge in [-0.25, -0.2) is 0 Å². The third kappa shape index (κ3) is 2.62. The van der Waals surface area contributed by atoms with Gasteiger partial charge in [0.15, 0.2) is 0 Å². The molecule has 1 fully saturated rings. The predicted molar refractivity (Wildman–Crippen MR) is 128 cm³/mol. The van der Waals surface area contributed by atoms with E-state index >= 15 is 0 Å². The molecule has 1 heterocycles. The number of benzene rings is 1. The molecule has 1 aliphatic heterocycles. The Hall–Kier alpha value is -2.22. The van der Waals surface area contributed by atoms with Gasteiger partial charge in [-0.3, -0.25) is 9.98 Å². The minimum atomic E-state index is -0.100. The van der Waals surface area contributed by atoms with Crippen LogP contribution in [0, 0.1) is 34.0 Å². The van der Waals surface area contributed by atoms with Crippen LogP contribution in [0.15, 0.2) is 69.7 Å². The van der Waals surface area contributed by atoms with Gasteiger partial charge in [0.25, 0.3) is 0 Å². The lowest BCUT2D eigenvalue weighted by molar-refractivity contribution is 0.108. The summed E-state index contributed by atoms with van der Waals surface area (Å²) in [6.07, 6.45) is 9.92. The molecule has 6 rings (SSSR count). The topological polar surface area (TPSA) is 24.7 Å². The molecule has 2 heteroatoms. The van der Waals surface area contributed by atoms with Crippen molar-refractivity contribution in [3.05, 3.63) is 65.3 Å². The maximum Gasteiger partial charge on any atom is 0.0676 e. The van der Waals surface area contributed by atoms with Gasteiger partial charge in [0.1, 0.15) is 0 Å². The van der Waals surface area contributed by atoms with Crippen molar-refractivity contribution in [2.24, 2.45) is 44.0 Å². The number of hydrogen-bond acceptors (Lipinski definition) is 2. The van der Waals surface area contributed by atoms with Crippen LogP contribution in [0.5, 0.6) is 0 Å². The third-order valence-electron chi connectivity index (χ3n) is 7.69. The van der Waals surface area contributed by atoms with Crippen molar-refractivity contribution in [3.8, 4) is 0 Å². The Morgan fingerprint density at radius 3 is 2.33 bits per heavy atom. The standard InChI is InChI=1S/C28H34N2/c1-26(2,3)21-17-28(27(4,5)6)20-13-12-19(16-18-10-8-7-9-11-18)22(20)23(21)24-25(28)30-15-14-29-24/h7-13,16-17,20,22-23H,14-15H2,1-6H3/b19-16-/t20-,22+,23+,28-/m1/s1. The van der Waals surface area contributed by atoms with Crippen molar-refractivity contribution in [2.75, 3.05) is 13.1 Å². The van der Waals surface area contributed by atoms with E-state index in [9.17, 15) is 0 Å². The first-order valence-corrected chi connectivity index (χ1v) is 11.4. The Balaban J connectivity index is 1.77. The summed E-state index contributed by atoms with van der Waals surface area (Å²) in [6, 6.07) is 10.8. The smallest absolute Gasteiger partial charge is 0.0676 e. The lowest BCUT2D eigenvalue weighted by Gasteiger charge is -2.61. The summed E-state index contributed by atoms with van der Waals surface area (Å²) >= 11 is 0. The summed E-state index contributed by atoms with van der Waals surface area (Å²) in [5.41, 5.74) is 6.92. The van der Waals surface area contributed by atoms with E-state index in [1.165, 1.54) is 22.6 Å². The number of aliphatic imine (C=N–C) groups is 2. The Morgan fingerprint density at radius 1 is 0.967 bits per heavy atom. The van der Waals surface area contributed by atoms with Gasteiger partial charge in [0, 0.05) is 23.2 Å². The molecule has 30 heavy (non-hydrogen) atoms. The molecule has 4 atom stereocenters. The fourth-order valence-electron chi connectivity index (χ4n) is 6.37. The molecular weight excluding hydrogens is 364 g/mol. The van der Waals surface area contributed by atoms with Crippen LogP contribution >= 0.6 is 0 Å². The molecule has 0 N–H and O–H groups in total. The van der Waals surface area contributed by atoms with Gasteiger partial charge in [-0.2, -0.15) is 0 Å². The van der Waals surface area contributed by atoms with Crippen LogP contribution in [0.25, 0.3) is 6.08 Å².